The van der Waals surface area contributed by atoms with Crippen LogP contribution in [0.25, 0.3) is 0 Å². The Morgan fingerprint density at radius 2 is 1.74 bits per heavy atom. The van der Waals surface area contributed by atoms with Crippen molar-refractivity contribution in [3.63, 3.8) is 0 Å². The number of benzene rings is 1. The number of hydrogen-bond donors (Lipinski definition) is 0. The maximum atomic E-state index is 12.7. The molecule has 0 aromatic heterocycles. The molecule has 2 fully saturated rings. The monoisotopic (exact) mass is 339 g/mol. The largest absolute Gasteiger partial charge is 0.378 e. The number of carbonyl (C=O) groups is 1. The summed E-state index contributed by atoms with van der Waals surface area (Å²) >= 11 is 0. The third kappa shape index (κ3) is 3.06. The van der Waals surface area contributed by atoms with Gasteiger partial charge in [-0.15, -0.1) is 0 Å². The summed E-state index contributed by atoms with van der Waals surface area (Å²) in [5.41, 5.74) is 0. The van der Waals surface area contributed by atoms with Crippen LogP contribution in [0.1, 0.15) is 6.92 Å². The van der Waals surface area contributed by atoms with Gasteiger partial charge in [0, 0.05) is 26.2 Å². The van der Waals surface area contributed by atoms with Crippen LogP contribution >= 0.6 is 0 Å². The van der Waals surface area contributed by atoms with Crippen molar-refractivity contribution >= 4 is 16.1 Å². The molecular formula is C15H21N3O4S. The zero-order valence-electron chi connectivity index (χ0n) is 13.1. The minimum atomic E-state index is -3.59. The molecule has 2 aliphatic heterocycles. The van der Waals surface area contributed by atoms with E-state index in [1.807, 2.05) is 0 Å². The van der Waals surface area contributed by atoms with E-state index in [0.29, 0.717) is 39.4 Å². The van der Waals surface area contributed by atoms with Crippen LogP contribution < -0.4 is 0 Å². The Labute approximate surface area is 136 Å². The van der Waals surface area contributed by atoms with Crippen LogP contribution in [0, 0.1) is 0 Å². The van der Waals surface area contributed by atoms with Crippen molar-refractivity contribution in [2.24, 2.45) is 0 Å². The minimum absolute atomic E-state index is 0.119. The van der Waals surface area contributed by atoms with E-state index >= 15 is 0 Å². The first-order valence-corrected chi connectivity index (χ1v) is 9.16. The molecule has 0 aliphatic carbocycles. The Balaban J connectivity index is 1.76. The van der Waals surface area contributed by atoms with Crippen LogP contribution in [-0.4, -0.2) is 74.1 Å². The molecule has 1 unspecified atom stereocenters. The van der Waals surface area contributed by atoms with Gasteiger partial charge >= 0.3 is 6.03 Å². The van der Waals surface area contributed by atoms with Crippen molar-refractivity contribution in [1.82, 2.24) is 14.1 Å². The van der Waals surface area contributed by atoms with E-state index in [1.54, 1.807) is 47.1 Å². The molecule has 0 radical (unpaired) electrons. The Morgan fingerprint density at radius 3 is 2.39 bits per heavy atom. The highest BCUT2D eigenvalue weighted by molar-refractivity contribution is 7.89. The highest BCUT2D eigenvalue weighted by atomic mass is 32.2. The average molecular weight is 339 g/mol. The molecule has 7 nitrogen and oxygen atoms in total. The first kappa shape index (κ1) is 16.2. The number of carbonyl (C=O) groups excluding carboxylic acids is 1. The van der Waals surface area contributed by atoms with Crippen molar-refractivity contribution in [2.45, 2.75) is 18.0 Å². The lowest BCUT2D eigenvalue weighted by molar-refractivity contribution is 0.0410. The van der Waals surface area contributed by atoms with Gasteiger partial charge in [-0.2, -0.15) is 4.31 Å². The number of hydrogen-bond acceptors (Lipinski definition) is 4. The predicted molar refractivity (Wildman–Crippen MR) is 84.3 cm³/mol. The van der Waals surface area contributed by atoms with Gasteiger partial charge in [0.2, 0.25) is 10.0 Å². The van der Waals surface area contributed by atoms with Crippen molar-refractivity contribution in [1.29, 1.82) is 0 Å². The molecule has 0 spiro atoms. The van der Waals surface area contributed by atoms with Crippen LogP contribution in [0.3, 0.4) is 0 Å². The summed E-state index contributed by atoms with van der Waals surface area (Å²) in [5, 5.41) is 0. The molecular weight excluding hydrogens is 318 g/mol. The second-order valence-electron chi connectivity index (χ2n) is 5.64. The van der Waals surface area contributed by atoms with Crippen molar-refractivity contribution in [3.05, 3.63) is 30.3 Å². The van der Waals surface area contributed by atoms with Gasteiger partial charge < -0.3 is 14.5 Å². The third-order valence-corrected chi connectivity index (χ3v) is 6.28. The number of urea groups is 1. The second kappa shape index (κ2) is 6.46. The zero-order chi connectivity index (χ0) is 16.4. The summed E-state index contributed by atoms with van der Waals surface area (Å²) < 4.78 is 32.1. The van der Waals surface area contributed by atoms with Gasteiger partial charge in [0.25, 0.3) is 0 Å². The molecule has 1 aromatic rings. The van der Waals surface area contributed by atoms with Crippen LogP contribution in [0.2, 0.25) is 0 Å². The lowest BCUT2D eigenvalue weighted by atomic mass is 10.4. The number of amides is 2. The van der Waals surface area contributed by atoms with E-state index in [0.717, 1.165) is 0 Å². The summed E-state index contributed by atoms with van der Waals surface area (Å²) in [6, 6.07) is 8.21. The lowest BCUT2D eigenvalue weighted by Gasteiger charge is -2.33. The number of sulfonamides is 1. The fourth-order valence-corrected chi connectivity index (χ4v) is 4.59. The predicted octanol–water partition coefficient (Wildman–Crippen LogP) is 0.791. The Bertz CT molecular complexity index is 659. The number of rotatable bonds is 2. The second-order valence-corrected chi connectivity index (χ2v) is 7.53. The van der Waals surface area contributed by atoms with Gasteiger partial charge in [-0.25, -0.2) is 13.2 Å². The highest BCUT2D eigenvalue weighted by Gasteiger charge is 2.41. The molecule has 0 bridgehead atoms. The van der Waals surface area contributed by atoms with Gasteiger partial charge in [0.1, 0.15) is 0 Å². The first-order valence-electron chi connectivity index (χ1n) is 7.72. The van der Waals surface area contributed by atoms with Crippen LogP contribution in [0.4, 0.5) is 4.79 Å². The number of nitrogens with zero attached hydrogens (tertiary/aromatic N) is 3. The highest BCUT2D eigenvalue weighted by Crippen LogP contribution is 2.25. The van der Waals surface area contributed by atoms with Crippen molar-refractivity contribution in [3.8, 4) is 0 Å². The summed E-state index contributed by atoms with van der Waals surface area (Å²) in [6.07, 6.45) is -0.490. The molecule has 0 saturated carbocycles. The maximum absolute atomic E-state index is 12.7. The molecule has 1 atom stereocenters. The Hall–Kier alpha value is -1.64. The molecule has 126 valence electrons. The SMILES string of the molecule is CC1N(C(=O)N2CCOCC2)CCN1S(=O)(=O)c1ccccc1. The molecule has 2 amide bonds. The molecule has 23 heavy (non-hydrogen) atoms. The molecule has 0 N–H and O–H groups in total. The van der Waals surface area contributed by atoms with E-state index in [-0.39, 0.29) is 10.9 Å². The number of ether oxygens (including phenoxy) is 1. The number of morpholine rings is 1. The van der Waals surface area contributed by atoms with Crippen molar-refractivity contribution < 1.29 is 17.9 Å². The zero-order valence-corrected chi connectivity index (χ0v) is 13.9. The first-order chi connectivity index (χ1) is 11.0. The molecule has 2 aliphatic rings. The standard InChI is InChI=1S/C15H21N3O4S/c1-13-17(15(19)16-9-11-22-12-10-16)7-8-18(13)23(20,21)14-5-3-2-4-6-14/h2-6,13H,7-12H2,1H3. The van der Waals surface area contributed by atoms with E-state index < -0.39 is 16.2 Å². The van der Waals surface area contributed by atoms with Crippen LogP contribution in [0.15, 0.2) is 35.2 Å². The van der Waals surface area contributed by atoms with Crippen LogP contribution in [-0.2, 0) is 14.8 Å². The van der Waals surface area contributed by atoms with E-state index in [9.17, 15) is 13.2 Å². The minimum Gasteiger partial charge on any atom is -0.378 e. The fraction of sp³-hybridized carbons (Fsp3) is 0.533. The summed E-state index contributed by atoms with van der Waals surface area (Å²) in [7, 11) is -3.59. The maximum Gasteiger partial charge on any atom is 0.321 e. The Morgan fingerprint density at radius 1 is 1.09 bits per heavy atom. The quantitative estimate of drug-likeness (QED) is 0.799. The fourth-order valence-electron chi connectivity index (χ4n) is 2.98. The molecule has 8 heteroatoms. The Kier molecular flexibility index (Phi) is 4.56. The van der Waals surface area contributed by atoms with Crippen molar-refractivity contribution in [2.75, 3.05) is 39.4 Å². The van der Waals surface area contributed by atoms with Gasteiger partial charge in [0.15, 0.2) is 0 Å². The van der Waals surface area contributed by atoms with Gasteiger partial charge in [-0.3, -0.25) is 0 Å². The van der Waals surface area contributed by atoms with Crippen LogP contribution in [0.5, 0.6) is 0 Å². The molecule has 3 rings (SSSR count). The van der Waals surface area contributed by atoms with E-state index in [1.165, 1.54) is 4.31 Å². The van der Waals surface area contributed by atoms with E-state index in [4.69, 9.17) is 4.74 Å². The summed E-state index contributed by atoms with van der Waals surface area (Å²) in [5.74, 6) is 0. The van der Waals surface area contributed by atoms with Gasteiger partial charge in [-0.1, -0.05) is 18.2 Å². The summed E-state index contributed by atoms with van der Waals surface area (Å²) in [6.45, 7) is 4.63. The summed E-state index contributed by atoms with van der Waals surface area (Å²) in [4.78, 5) is 16.2. The van der Waals surface area contributed by atoms with Gasteiger partial charge in [-0.05, 0) is 19.1 Å². The smallest absolute Gasteiger partial charge is 0.321 e. The third-order valence-electron chi connectivity index (χ3n) is 4.31. The molecule has 2 saturated heterocycles. The average Bonchev–Trinajstić information content (AvgIpc) is 2.98. The van der Waals surface area contributed by atoms with Gasteiger partial charge in [0.05, 0.1) is 24.3 Å². The van der Waals surface area contributed by atoms with E-state index in [2.05, 4.69) is 0 Å². The molecule has 2 heterocycles. The normalized spacial score (nSPS) is 23.3. The lowest BCUT2D eigenvalue weighted by Crippen LogP contribution is -2.51. The molecule has 1 aromatic carbocycles. The topological polar surface area (TPSA) is 70.2 Å².